The van der Waals surface area contributed by atoms with Crippen molar-refractivity contribution in [3.63, 3.8) is 0 Å². The maximum absolute atomic E-state index is 12.7. The first-order valence-electron chi connectivity index (χ1n) is 10.3. The number of nitrogens with zero attached hydrogens (tertiary/aromatic N) is 1. The molecule has 1 saturated heterocycles. The number of hydrogen-bond donors (Lipinski definition) is 2. The molecule has 1 atom stereocenters. The van der Waals surface area contributed by atoms with Crippen LogP contribution in [0.4, 0.5) is 5.69 Å². The molecule has 1 heterocycles. The number of hydrazine groups is 1. The molecule has 2 N–H and O–H groups in total. The van der Waals surface area contributed by atoms with E-state index < -0.39 is 17.7 Å². The van der Waals surface area contributed by atoms with Gasteiger partial charge in [-0.25, -0.2) is 0 Å². The second-order valence-electron chi connectivity index (χ2n) is 7.30. The molecule has 1 aliphatic rings. The van der Waals surface area contributed by atoms with Gasteiger partial charge in [0.1, 0.15) is 0 Å². The number of anilines is 1. The van der Waals surface area contributed by atoms with Gasteiger partial charge in [-0.2, -0.15) is 0 Å². The van der Waals surface area contributed by atoms with Crippen LogP contribution in [0.5, 0.6) is 28.7 Å². The summed E-state index contributed by atoms with van der Waals surface area (Å²) in [6, 6.07) is 7.99. The van der Waals surface area contributed by atoms with Crippen LogP contribution in [-0.2, 0) is 9.59 Å². The molecule has 34 heavy (non-hydrogen) atoms. The third-order valence-electron chi connectivity index (χ3n) is 5.40. The summed E-state index contributed by atoms with van der Waals surface area (Å²) < 4.78 is 26.2. The van der Waals surface area contributed by atoms with Crippen LogP contribution in [0.2, 0.25) is 0 Å². The molecular formula is C23H27N3O8. The van der Waals surface area contributed by atoms with E-state index in [1.807, 2.05) is 0 Å². The largest absolute Gasteiger partial charge is 0.493 e. The van der Waals surface area contributed by atoms with Gasteiger partial charge in [-0.1, -0.05) is 0 Å². The Morgan fingerprint density at radius 1 is 0.824 bits per heavy atom. The zero-order valence-electron chi connectivity index (χ0n) is 19.6. The van der Waals surface area contributed by atoms with Crippen LogP contribution in [0, 0.1) is 5.92 Å². The second-order valence-corrected chi connectivity index (χ2v) is 7.30. The number of carbonyl (C=O) groups is 3. The van der Waals surface area contributed by atoms with Crippen LogP contribution >= 0.6 is 0 Å². The molecule has 2 aromatic carbocycles. The van der Waals surface area contributed by atoms with Crippen LogP contribution in [0.15, 0.2) is 30.3 Å². The highest BCUT2D eigenvalue weighted by Gasteiger charge is 2.35. The Morgan fingerprint density at radius 2 is 1.44 bits per heavy atom. The van der Waals surface area contributed by atoms with Gasteiger partial charge in [-0.15, -0.1) is 0 Å². The topological polar surface area (TPSA) is 125 Å². The van der Waals surface area contributed by atoms with Gasteiger partial charge in [0.15, 0.2) is 23.0 Å². The number of nitrogens with one attached hydrogen (secondary N) is 2. The van der Waals surface area contributed by atoms with Gasteiger partial charge >= 0.3 is 0 Å². The predicted molar refractivity (Wildman–Crippen MR) is 122 cm³/mol. The highest BCUT2D eigenvalue weighted by atomic mass is 16.5. The van der Waals surface area contributed by atoms with E-state index in [9.17, 15) is 14.4 Å². The van der Waals surface area contributed by atoms with E-state index in [0.717, 1.165) is 0 Å². The molecule has 0 radical (unpaired) electrons. The van der Waals surface area contributed by atoms with Gasteiger partial charge in [-0.3, -0.25) is 25.2 Å². The van der Waals surface area contributed by atoms with E-state index in [0.29, 0.717) is 34.4 Å². The van der Waals surface area contributed by atoms with Crippen molar-refractivity contribution in [2.24, 2.45) is 5.92 Å². The highest BCUT2D eigenvalue weighted by Crippen LogP contribution is 2.38. The van der Waals surface area contributed by atoms with Gasteiger partial charge in [0.05, 0.1) is 41.5 Å². The summed E-state index contributed by atoms with van der Waals surface area (Å²) >= 11 is 0. The molecule has 1 aliphatic heterocycles. The first-order valence-corrected chi connectivity index (χ1v) is 10.3. The number of benzene rings is 2. The molecule has 1 fully saturated rings. The van der Waals surface area contributed by atoms with Crippen molar-refractivity contribution >= 4 is 23.4 Å². The molecule has 0 saturated carbocycles. The molecule has 182 valence electrons. The molecular weight excluding hydrogens is 446 g/mol. The lowest BCUT2D eigenvalue weighted by Gasteiger charge is -2.18. The van der Waals surface area contributed by atoms with E-state index in [-0.39, 0.29) is 24.4 Å². The van der Waals surface area contributed by atoms with Crippen LogP contribution in [0.1, 0.15) is 16.8 Å². The number of ether oxygens (including phenoxy) is 5. The fourth-order valence-corrected chi connectivity index (χ4v) is 3.63. The fraction of sp³-hybridized carbons (Fsp3) is 0.348. The van der Waals surface area contributed by atoms with Crippen molar-refractivity contribution in [2.45, 2.75) is 6.42 Å². The summed E-state index contributed by atoms with van der Waals surface area (Å²) in [6.45, 7) is 0.153. The third kappa shape index (κ3) is 4.92. The Bertz CT molecular complexity index is 1060. The van der Waals surface area contributed by atoms with E-state index in [2.05, 4.69) is 10.9 Å². The van der Waals surface area contributed by atoms with Crippen molar-refractivity contribution in [1.82, 2.24) is 10.9 Å². The SMILES string of the molecule is COc1ccc(N2CC(C(=O)NNC(=O)c3cc(OC)c(OC)c(OC)c3)CC2=O)cc1OC. The van der Waals surface area contributed by atoms with Crippen molar-refractivity contribution in [3.05, 3.63) is 35.9 Å². The van der Waals surface area contributed by atoms with Crippen molar-refractivity contribution < 1.29 is 38.1 Å². The molecule has 0 aliphatic carbocycles. The Labute approximate surface area is 196 Å². The first kappa shape index (κ1) is 24.5. The highest BCUT2D eigenvalue weighted by molar-refractivity contribution is 6.01. The molecule has 2 aromatic rings. The molecule has 11 nitrogen and oxygen atoms in total. The second kappa shape index (κ2) is 10.6. The zero-order valence-corrected chi connectivity index (χ0v) is 19.6. The van der Waals surface area contributed by atoms with Crippen molar-refractivity contribution in [2.75, 3.05) is 47.0 Å². The first-order chi connectivity index (χ1) is 16.4. The minimum Gasteiger partial charge on any atom is -0.493 e. The zero-order chi connectivity index (χ0) is 24.8. The molecule has 11 heteroatoms. The fourth-order valence-electron chi connectivity index (χ4n) is 3.63. The summed E-state index contributed by atoms with van der Waals surface area (Å²) in [6.07, 6.45) is 0.000228. The number of carbonyl (C=O) groups excluding carboxylic acids is 3. The average Bonchev–Trinajstić information content (AvgIpc) is 3.26. The molecule has 3 rings (SSSR count). The quantitative estimate of drug-likeness (QED) is 0.554. The Kier molecular flexibility index (Phi) is 7.67. The minimum absolute atomic E-state index is 0.000228. The minimum atomic E-state index is -0.652. The van der Waals surface area contributed by atoms with Gasteiger partial charge in [-0.05, 0) is 24.3 Å². The normalized spacial score (nSPS) is 14.9. The summed E-state index contributed by atoms with van der Waals surface area (Å²) in [4.78, 5) is 39.3. The Morgan fingerprint density at radius 3 is 2.00 bits per heavy atom. The van der Waals surface area contributed by atoms with Crippen LogP contribution < -0.4 is 39.4 Å². The molecule has 1 unspecified atom stereocenters. The van der Waals surface area contributed by atoms with Crippen LogP contribution in [0.25, 0.3) is 0 Å². The van der Waals surface area contributed by atoms with Gasteiger partial charge < -0.3 is 28.6 Å². The maximum Gasteiger partial charge on any atom is 0.269 e. The number of hydrogen-bond acceptors (Lipinski definition) is 8. The third-order valence-corrected chi connectivity index (χ3v) is 5.40. The number of rotatable bonds is 8. The van der Waals surface area contributed by atoms with E-state index in [4.69, 9.17) is 23.7 Å². The van der Waals surface area contributed by atoms with E-state index in [1.54, 1.807) is 18.2 Å². The van der Waals surface area contributed by atoms with Gasteiger partial charge in [0.25, 0.3) is 5.91 Å². The molecule has 0 spiro atoms. The lowest BCUT2D eigenvalue weighted by atomic mass is 10.1. The molecule has 3 amide bonds. The van der Waals surface area contributed by atoms with Crippen LogP contribution in [0.3, 0.4) is 0 Å². The lowest BCUT2D eigenvalue weighted by molar-refractivity contribution is -0.126. The van der Waals surface area contributed by atoms with Gasteiger partial charge in [0, 0.05) is 30.3 Å². The molecule has 0 aromatic heterocycles. The summed E-state index contributed by atoms with van der Waals surface area (Å²) in [5.74, 6) is -0.0178. The molecule has 0 bridgehead atoms. The summed E-state index contributed by atoms with van der Waals surface area (Å²) in [5, 5.41) is 0. The average molecular weight is 473 g/mol. The standard InChI is InChI=1S/C23H27N3O8/c1-30-16-7-6-15(11-17(16)31-2)26-12-14(10-20(26)27)23(29)25-24-22(28)13-8-18(32-3)21(34-5)19(9-13)33-4/h6-9,11,14H,10,12H2,1-5H3,(H,24,28)(H,25,29). The van der Waals surface area contributed by atoms with Crippen molar-refractivity contribution in [1.29, 1.82) is 0 Å². The lowest BCUT2D eigenvalue weighted by Crippen LogP contribution is -2.45. The Balaban J connectivity index is 1.66. The number of amides is 3. The predicted octanol–water partition coefficient (Wildman–Crippen LogP) is 1.54. The van der Waals surface area contributed by atoms with E-state index in [1.165, 1.54) is 52.6 Å². The number of methoxy groups -OCH3 is 5. The van der Waals surface area contributed by atoms with Crippen LogP contribution in [-0.4, -0.2) is 59.8 Å². The summed E-state index contributed by atoms with van der Waals surface area (Å²) in [5.41, 5.74) is 5.51. The monoisotopic (exact) mass is 473 g/mol. The van der Waals surface area contributed by atoms with E-state index >= 15 is 0 Å². The summed E-state index contributed by atoms with van der Waals surface area (Å²) in [7, 11) is 7.34. The van der Waals surface area contributed by atoms with Crippen molar-refractivity contribution in [3.8, 4) is 28.7 Å². The maximum atomic E-state index is 12.7. The van der Waals surface area contributed by atoms with Gasteiger partial charge in [0.2, 0.25) is 17.6 Å². The Hall–Kier alpha value is -4.15. The smallest absolute Gasteiger partial charge is 0.269 e.